The van der Waals surface area contributed by atoms with Crippen molar-refractivity contribution in [3.63, 3.8) is 0 Å². The van der Waals surface area contributed by atoms with Gasteiger partial charge in [-0.05, 0) is 24.6 Å². The molecule has 6 nitrogen and oxygen atoms in total. The van der Waals surface area contributed by atoms with E-state index in [0.717, 1.165) is 4.47 Å². The van der Waals surface area contributed by atoms with Crippen LogP contribution in [0.5, 0.6) is 0 Å². The minimum Gasteiger partial charge on any atom is -0.340 e. The number of alkyl halides is 2. The van der Waals surface area contributed by atoms with Crippen LogP contribution < -0.4 is 0 Å². The summed E-state index contributed by atoms with van der Waals surface area (Å²) in [6, 6.07) is 4.95. The molecule has 9 heteroatoms. The molecule has 0 unspecified atom stereocenters. The maximum absolute atomic E-state index is 12.4. The largest absolute Gasteiger partial charge is 0.340 e. The number of amides is 3. The van der Waals surface area contributed by atoms with Gasteiger partial charge in [0.2, 0.25) is 5.91 Å². The molecule has 27 heavy (non-hydrogen) atoms. The second kappa shape index (κ2) is 8.43. The van der Waals surface area contributed by atoms with Gasteiger partial charge in [-0.1, -0.05) is 15.9 Å². The van der Waals surface area contributed by atoms with Gasteiger partial charge in [0.05, 0.1) is 17.7 Å². The first kappa shape index (κ1) is 19.9. The highest BCUT2D eigenvalue weighted by Crippen LogP contribution is 2.26. The molecular formula is C18H20BrF2N3O3. The highest BCUT2D eigenvalue weighted by Gasteiger charge is 2.35. The lowest BCUT2D eigenvalue weighted by Gasteiger charge is -2.34. The van der Waals surface area contributed by atoms with Crippen molar-refractivity contribution in [2.24, 2.45) is 0 Å². The van der Waals surface area contributed by atoms with Gasteiger partial charge in [0.25, 0.3) is 18.2 Å². The van der Waals surface area contributed by atoms with Crippen molar-refractivity contribution in [2.75, 3.05) is 39.3 Å². The normalized spacial score (nSPS) is 17.8. The molecule has 3 amide bonds. The Morgan fingerprint density at radius 3 is 2.41 bits per heavy atom. The van der Waals surface area contributed by atoms with Crippen molar-refractivity contribution in [1.82, 2.24) is 14.7 Å². The van der Waals surface area contributed by atoms with Gasteiger partial charge in [-0.3, -0.25) is 24.2 Å². The Hall–Kier alpha value is -1.87. The molecule has 2 aliphatic rings. The number of rotatable bonds is 6. The van der Waals surface area contributed by atoms with Crippen LogP contribution in [0.15, 0.2) is 22.7 Å². The summed E-state index contributed by atoms with van der Waals surface area (Å²) in [5.41, 5.74) is 0.750. The molecule has 146 valence electrons. The lowest BCUT2D eigenvalue weighted by atomic mass is 10.1. The van der Waals surface area contributed by atoms with E-state index in [-0.39, 0.29) is 37.2 Å². The molecule has 0 aromatic heterocycles. The third kappa shape index (κ3) is 4.52. The van der Waals surface area contributed by atoms with Crippen molar-refractivity contribution in [3.8, 4) is 0 Å². The van der Waals surface area contributed by atoms with Crippen molar-refractivity contribution in [2.45, 2.75) is 19.3 Å². The van der Waals surface area contributed by atoms with Gasteiger partial charge < -0.3 is 4.90 Å². The van der Waals surface area contributed by atoms with Gasteiger partial charge in [0.15, 0.2) is 0 Å². The number of carbonyl (C=O) groups excluding carboxylic acids is 3. The molecule has 0 spiro atoms. The molecule has 0 radical (unpaired) electrons. The van der Waals surface area contributed by atoms with Crippen LogP contribution >= 0.6 is 15.9 Å². The Morgan fingerprint density at radius 1 is 1.07 bits per heavy atom. The van der Waals surface area contributed by atoms with E-state index in [4.69, 9.17) is 0 Å². The van der Waals surface area contributed by atoms with Crippen molar-refractivity contribution in [3.05, 3.63) is 33.8 Å². The van der Waals surface area contributed by atoms with Crippen LogP contribution in [0, 0.1) is 0 Å². The zero-order valence-electron chi connectivity index (χ0n) is 14.7. The third-order valence-corrected chi connectivity index (χ3v) is 5.32. The van der Waals surface area contributed by atoms with Gasteiger partial charge in [-0.2, -0.15) is 0 Å². The molecular weight excluding hydrogens is 424 g/mol. The first-order chi connectivity index (χ1) is 12.9. The molecule has 1 fully saturated rings. The summed E-state index contributed by atoms with van der Waals surface area (Å²) in [7, 11) is 0. The molecule has 0 atom stereocenters. The Balaban J connectivity index is 1.46. The van der Waals surface area contributed by atoms with E-state index in [2.05, 4.69) is 15.9 Å². The number of hydrogen-bond donors (Lipinski definition) is 0. The van der Waals surface area contributed by atoms with Crippen LogP contribution in [0.4, 0.5) is 8.78 Å². The third-order valence-electron chi connectivity index (χ3n) is 4.83. The first-order valence-electron chi connectivity index (χ1n) is 8.81. The highest BCUT2D eigenvalue weighted by molar-refractivity contribution is 9.10. The van der Waals surface area contributed by atoms with Crippen LogP contribution in [0.2, 0.25) is 0 Å². The summed E-state index contributed by atoms with van der Waals surface area (Å²) in [6.07, 6.45) is -1.78. The zero-order chi connectivity index (χ0) is 19.6. The average Bonchev–Trinajstić information content (AvgIpc) is 2.86. The van der Waals surface area contributed by atoms with E-state index in [1.54, 1.807) is 28.0 Å². The molecule has 1 aromatic rings. The van der Waals surface area contributed by atoms with Crippen LogP contribution in [-0.4, -0.2) is 78.1 Å². The number of benzene rings is 1. The molecule has 3 rings (SSSR count). The van der Waals surface area contributed by atoms with E-state index in [1.165, 1.54) is 4.90 Å². The number of hydrogen-bond acceptors (Lipinski definition) is 4. The first-order valence-corrected chi connectivity index (χ1v) is 9.60. The molecule has 0 N–H and O–H groups in total. The number of carbonyl (C=O) groups is 3. The van der Waals surface area contributed by atoms with Crippen molar-refractivity contribution >= 4 is 33.7 Å². The Morgan fingerprint density at radius 2 is 1.74 bits per heavy atom. The fourth-order valence-corrected chi connectivity index (χ4v) is 3.75. The minimum atomic E-state index is -2.37. The standard InChI is InChI=1S/C18H20BrF2N3O3/c19-12-3-4-13-14(10-12)18(27)24(17(13)26)5-1-2-16(25)23-8-6-22(7-9-23)11-15(20)21/h3-4,10,15H,1-2,5-9,11H2. The van der Waals surface area contributed by atoms with Crippen LogP contribution in [0.1, 0.15) is 33.6 Å². The number of fused-ring (bicyclic) bond motifs is 1. The Bertz CT molecular complexity index is 751. The van der Waals surface area contributed by atoms with Gasteiger partial charge in [-0.25, -0.2) is 8.78 Å². The summed E-state index contributed by atoms with van der Waals surface area (Å²) < 4.78 is 25.5. The zero-order valence-corrected chi connectivity index (χ0v) is 16.3. The predicted octanol–water partition coefficient (Wildman–Crippen LogP) is 2.23. The lowest BCUT2D eigenvalue weighted by Crippen LogP contribution is -2.49. The maximum Gasteiger partial charge on any atom is 0.261 e. The van der Waals surface area contributed by atoms with Gasteiger partial charge >= 0.3 is 0 Å². The molecule has 1 aromatic carbocycles. The predicted molar refractivity (Wildman–Crippen MR) is 97.8 cm³/mol. The second-order valence-corrected chi connectivity index (χ2v) is 7.54. The van der Waals surface area contributed by atoms with Gasteiger partial charge in [0.1, 0.15) is 0 Å². The molecule has 0 saturated carbocycles. The fraction of sp³-hybridized carbons (Fsp3) is 0.500. The second-order valence-electron chi connectivity index (χ2n) is 6.63. The number of nitrogens with zero attached hydrogens (tertiary/aromatic N) is 3. The summed E-state index contributed by atoms with van der Waals surface area (Å²) in [5, 5.41) is 0. The lowest BCUT2D eigenvalue weighted by molar-refractivity contribution is -0.133. The van der Waals surface area contributed by atoms with E-state index >= 15 is 0 Å². The molecule has 2 aliphatic heterocycles. The van der Waals surface area contributed by atoms with E-state index < -0.39 is 6.43 Å². The number of imide groups is 1. The van der Waals surface area contributed by atoms with Gasteiger partial charge in [-0.15, -0.1) is 0 Å². The van der Waals surface area contributed by atoms with Crippen LogP contribution in [-0.2, 0) is 4.79 Å². The summed E-state index contributed by atoms with van der Waals surface area (Å²) in [6.45, 7) is 1.63. The molecule has 1 saturated heterocycles. The smallest absolute Gasteiger partial charge is 0.261 e. The SMILES string of the molecule is O=C(CCCN1C(=O)c2ccc(Br)cc2C1=O)N1CCN(CC(F)F)CC1. The highest BCUT2D eigenvalue weighted by atomic mass is 79.9. The topological polar surface area (TPSA) is 60.9 Å². The quantitative estimate of drug-likeness (QED) is 0.632. The summed E-state index contributed by atoms with van der Waals surface area (Å²) >= 11 is 3.29. The molecule has 0 bridgehead atoms. The summed E-state index contributed by atoms with van der Waals surface area (Å²) in [5.74, 6) is -0.758. The van der Waals surface area contributed by atoms with Gasteiger partial charge in [0, 0.05) is 43.6 Å². The van der Waals surface area contributed by atoms with Crippen molar-refractivity contribution in [1.29, 1.82) is 0 Å². The number of halogens is 3. The molecule has 2 heterocycles. The van der Waals surface area contributed by atoms with Crippen LogP contribution in [0.3, 0.4) is 0 Å². The van der Waals surface area contributed by atoms with Crippen LogP contribution in [0.25, 0.3) is 0 Å². The number of piperazine rings is 1. The molecule has 0 aliphatic carbocycles. The fourth-order valence-electron chi connectivity index (χ4n) is 3.39. The Kier molecular flexibility index (Phi) is 6.21. The monoisotopic (exact) mass is 443 g/mol. The van der Waals surface area contributed by atoms with E-state index in [0.29, 0.717) is 43.7 Å². The maximum atomic E-state index is 12.4. The Labute approximate surface area is 164 Å². The average molecular weight is 444 g/mol. The van der Waals surface area contributed by atoms with E-state index in [1.807, 2.05) is 0 Å². The van der Waals surface area contributed by atoms with Crippen molar-refractivity contribution < 1.29 is 23.2 Å². The van der Waals surface area contributed by atoms with E-state index in [9.17, 15) is 23.2 Å². The summed E-state index contributed by atoms with van der Waals surface area (Å²) in [4.78, 5) is 41.5. The minimum absolute atomic E-state index is 0.0777.